The first-order chi connectivity index (χ1) is 5.81. The van der Waals surface area contributed by atoms with E-state index in [2.05, 4.69) is 4.74 Å². The van der Waals surface area contributed by atoms with Gasteiger partial charge >= 0.3 is 5.97 Å². The zero-order chi connectivity index (χ0) is 9.23. The average molecular weight is 167 g/mol. The van der Waals surface area contributed by atoms with Crippen molar-refractivity contribution in [3.63, 3.8) is 0 Å². The summed E-state index contributed by atoms with van der Waals surface area (Å²) in [5, 5.41) is 8.19. The maximum Gasteiger partial charge on any atom is 0.330 e. The van der Waals surface area contributed by atoms with Gasteiger partial charge in [-0.05, 0) is 19.8 Å². The molecule has 0 saturated carbocycles. The van der Waals surface area contributed by atoms with Gasteiger partial charge in [0.15, 0.2) is 0 Å². The molecule has 0 aliphatic carbocycles. The molecule has 0 N–H and O–H groups in total. The van der Waals surface area contributed by atoms with Crippen LogP contribution in [0.2, 0.25) is 0 Å². The Morgan fingerprint density at radius 3 is 3.00 bits per heavy atom. The molecule has 66 valence electrons. The van der Waals surface area contributed by atoms with E-state index in [0.29, 0.717) is 13.0 Å². The maximum absolute atomic E-state index is 10.7. The van der Waals surface area contributed by atoms with Gasteiger partial charge in [0.05, 0.1) is 12.7 Å². The van der Waals surface area contributed by atoms with Crippen molar-refractivity contribution in [1.82, 2.24) is 0 Å². The molecule has 0 heterocycles. The summed E-state index contributed by atoms with van der Waals surface area (Å²) in [6.45, 7) is 2.17. The van der Waals surface area contributed by atoms with Gasteiger partial charge in [0, 0.05) is 12.5 Å². The SMILES string of the molecule is CCOC(=O)C=CCCCC#N. The molecule has 12 heavy (non-hydrogen) atoms. The Labute approximate surface area is 72.6 Å². The van der Waals surface area contributed by atoms with Gasteiger partial charge < -0.3 is 4.74 Å². The highest BCUT2D eigenvalue weighted by molar-refractivity contribution is 5.81. The molecule has 0 atom stereocenters. The highest BCUT2D eigenvalue weighted by Crippen LogP contribution is 1.95. The van der Waals surface area contributed by atoms with Crippen LogP contribution < -0.4 is 0 Å². The summed E-state index contributed by atoms with van der Waals surface area (Å²) < 4.78 is 4.66. The Hall–Kier alpha value is -1.30. The minimum Gasteiger partial charge on any atom is -0.463 e. The largest absolute Gasteiger partial charge is 0.463 e. The van der Waals surface area contributed by atoms with Gasteiger partial charge in [-0.2, -0.15) is 5.26 Å². The van der Waals surface area contributed by atoms with E-state index in [1.165, 1.54) is 6.08 Å². The zero-order valence-electron chi connectivity index (χ0n) is 7.25. The molecule has 0 saturated heterocycles. The Kier molecular flexibility index (Phi) is 6.96. The van der Waals surface area contributed by atoms with Crippen LogP contribution in [0.1, 0.15) is 26.2 Å². The van der Waals surface area contributed by atoms with Gasteiger partial charge in [-0.15, -0.1) is 0 Å². The molecule has 0 rings (SSSR count). The van der Waals surface area contributed by atoms with E-state index in [0.717, 1.165) is 12.8 Å². The molecule has 0 unspecified atom stereocenters. The van der Waals surface area contributed by atoms with E-state index in [4.69, 9.17) is 5.26 Å². The van der Waals surface area contributed by atoms with Crippen LogP contribution in [0, 0.1) is 11.3 Å². The predicted octanol–water partition coefficient (Wildman–Crippen LogP) is 1.80. The number of carbonyl (C=O) groups excluding carboxylic acids is 1. The summed E-state index contributed by atoms with van der Waals surface area (Å²) in [7, 11) is 0. The lowest BCUT2D eigenvalue weighted by atomic mass is 10.2. The van der Waals surface area contributed by atoms with Gasteiger partial charge in [-0.25, -0.2) is 4.79 Å². The molecule has 0 aromatic rings. The third kappa shape index (κ3) is 6.81. The van der Waals surface area contributed by atoms with E-state index in [1.54, 1.807) is 13.0 Å². The highest BCUT2D eigenvalue weighted by Gasteiger charge is 1.91. The summed E-state index contributed by atoms with van der Waals surface area (Å²) in [6, 6.07) is 2.03. The smallest absolute Gasteiger partial charge is 0.330 e. The van der Waals surface area contributed by atoms with Crippen LogP contribution in [0.3, 0.4) is 0 Å². The molecular weight excluding hydrogens is 154 g/mol. The van der Waals surface area contributed by atoms with Crippen molar-refractivity contribution < 1.29 is 9.53 Å². The van der Waals surface area contributed by atoms with E-state index in [1.807, 2.05) is 6.07 Å². The summed E-state index contributed by atoms with van der Waals surface area (Å²) in [4.78, 5) is 10.7. The minimum atomic E-state index is -0.311. The van der Waals surface area contributed by atoms with Gasteiger partial charge in [-0.3, -0.25) is 0 Å². The van der Waals surface area contributed by atoms with Crippen molar-refractivity contribution in [2.75, 3.05) is 6.61 Å². The monoisotopic (exact) mass is 167 g/mol. The zero-order valence-corrected chi connectivity index (χ0v) is 7.25. The van der Waals surface area contributed by atoms with E-state index < -0.39 is 0 Å². The second-order valence-electron chi connectivity index (χ2n) is 2.20. The molecule has 3 nitrogen and oxygen atoms in total. The number of carbonyl (C=O) groups is 1. The fraction of sp³-hybridized carbons (Fsp3) is 0.556. The number of allylic oxidation sites excluding steroid dienone is 1. The number of nitriles is 1. The fourth-order valence-electron chi connectivity index (χ4n) is 0.669. The van der Waals surface area contributed by atoms with Crippen LogP contribution in [0.5, 0.6) is 0 Å². The molecule has 0 fully saturated rings. The first kappa shape index (κ1) is 10.7. The molecule has 0 aromatic heterocycles. The normalized spacial score (nSPS) is 9.67. The number of nitrogens with zero attached hydrogens (tertiary/aromatic N) is 1. The standard InChI is InChI=1S/C9H13NO2/c1-2-12-9(11)7-5-3-4-6-8-10/h5,7H,2-4,6H2,1H3. The Balaban J connectivity index is 3.36. The topological polar surface area (TPSA) is 50.1 Å². The lowest BCUT2D eigenvalue weighted by Crippen LogP contribution is -1.98. The van der Waals surface area contributed by atoms with Crippen molar-refractivity contribution in [3.8, 4) is 6.07 Å². The van der Waals surface area contributed by atoms with Crippen LogP contribution in [-0.4, -0.2) is 12.6 Å². The molecule has 0 bridgehead atoms. The van der Waals surface area contributed by atoms with Crippen molar-refractivity contribution >= 4 is 5.97 Å². The Morgan fingerprint density at radius 1 is 1.67 bits per heavy atom. The summed E-state index contributed by atoms with van der Waals surface area (Å²) >= 11 is 0. The van der Waals surface area contributed by atoms with Crippen molar-refractivity contribution in [2.24, 2.45) is 0 Å². The van der Waals surface area contributed by atoms with Gasteiger partial charge in [-0.1, -0.05) is 6.08 Å². The molecule has 0 radical (unpaired) electrons. The number of unbranched alkanes of at least 4 members (excludes halogenated alkanes) is 2. The minimum absolute atomic E-state index is 0.311. The van der Waals surface area contributed by atoms with Crippen LogP contribution in [0.25, 0.3) is 0 Å². The van der Waals surface area contributed by atoms with Crippen LogP contribution in [-0.2, 0) is 9.53 Å². The second-order valence-corrected chi connectivity index (χ2v) is 2.20. The lowest BCUT2D eigenvalue weighted by molar-refractivity contribution is -0.137. The molecule has 0 aromatic carbocycles. The first-order valence-electron chi connectivity index (χ1n) is 4.01. The van der Waals surface area contributed by atoms with Gasteiger partial charge in [0.25, 0.3) is 0 Å². The average Bonchev–Trinajstić information content (AvgIpc) is 2.05. The highest BCUT2D eigenvalue weighted by atomic mass is 16.5. The van der Waals surface area contributed by atoms with E-state index in [-0.39, 0.29) is 5.97 Å². The molecule has 0 aliphatic heterocycles. The Bertz CT molecular complexity index is 191. The molecular formula is C9H13NO2. The number of hydrogen-bond acceptors (Lipinski definition) is 3. The van der Waals surface area contributed by atoms with Crippen LogP contribution in [0.4, 0.5) is 0 Å². The molecule has 0 aliphatic rings. The Morgan fingerprint density at radius 2 is 2.42 bits per heavy atom. The molecule has 3 heteroatoms. The summed E-state index contributed by atoms with van der Waals surface area (Å²) in [5.74, 6) is -0.311. The lowest BCUT2D eigenvalue weighted by Gasteiger charge is -1.93. The quantitative estimate of drug-likeness (QED) is 0.356. The fourth-order valence-corrected chi connectivity index (χ4v) is 0.669. The third-order valence-corrected chi connectivity index (χ3v) is 1.20. The number of esters is 1. The molecule has 0 amide bonds. The van der Waals surface area contributed by atoms with Crippen molar-refractivity contribution in [2.45, 2.75) is 26.2 Å². The first-order valence-corrected chi connectivity index (χ1v) is 4.01. The van der Waals surface area contributed by atoms with Crippen molar-refractivity contribution in [3.05, 3.63) is 12.2 Å². The van der Waals surface area contributed by atoms with Crippen LogP contribution in [0.15, 0.2) is 12.2 Å². The molecule has 0 spiro atoms. The third-order valence-electron chi connectivity index (χ3n) is 1.20. The second kappa shape index (κ2) is 7.80. The summed E-state index contributed by atoms with van der Waals surface area (Å²) in [6.07, 6.45) is 5.22. The number of hydrogen-bond donors (Lipinski definition) is 0. The van der Waals surface area contributed by atoms with Crippen molar-refractivity contribution in [1.29, 1.82) is 5.26 Å². The maximum atomic E-state index is 10.7. The van der Waals surface area contributed by atoms with E-state index >= 15 is 0 Å². The predicted molar refractivity (Wildman–Crippen MR) is 45.2 cm³/mol. The number of ether oxygens (including phenoxy) is 1. The summed E-state index contributed by atoms with van der Waals surface area (Å²) in [5.41, 5.74) is 0. The number of rotatable bonds is 5. The van der Waals surface area contributed by atoms with Gasteiger partial charge in [0.1, 0.15) is 0 Å². The van der Waals surface area contributed by atoms with Crippen LogP contribution >= 0.6 is 0 Å². The van der Waals surface area contributed by atoms with E-state index in [9.17, 15) is 4.79 Å². The van der Waals surface area contributed by atoms with Gasteiger partial charge in [0.2, 0.25) is 0 Å².